The first-order chi connectivity index (χ1) is 21.3. The van der Waals surface area contributed by atoms with Gasteiger partial charge in [0.15, 0.2) is 0 Å². The van der Waals surface area contributed by atoms with Crippen LogP contribution in [0.1, 0.15) is 144 Å². The van der Waals surface area contributed by atoms with Crippen molar-refractivity contribution in [2.24, 2.45) is 0 Å². The van der Waals surface area contributed by atoms with Gasteiger partial charge in [0.05, 0.1) is 0 Å². The van der Waals surface area contributed by atoms with Crippen LogP contribution in [0.25, 0.3) is 0 Å². The average molecular weight is 673 g/mol. The number of carbonyl (C=O) groups is 2. The standard InChI is InChI=1S/C38H60N2O4S2/c1-13-35(5,6)27-21-25(22-28(33(27)43)36(7,8)14-2)39-31(41)17-19-45-46-20-18-32(42)40-26-23-29(37(9,10)15-3)34(44)30(24-26)38(11,12)16-4/h21-24,43-44H,13-20H2,1-12H3,(H,39,41)(H,40,42). The van der Waals surface area contributed by atoms with Crippen molar-refractivity contribution in [1.82, 2.24) is 0 Å². The molecule has 0 aliphatic carbocycles. The SMILES string of the molecule is CCC(C)(C)c1cc(NC(=O)CCSSCCC(=O)Nc2cc(C(C)(C)CC)c(O)c(C(C)(C)CC)c2)cc(C(C)(C)CC)c1O. The van der Waals surface area contributed by atoms with E-state index in [9.17, 15) is 19.8 Å². The van der Waals surface area contributed by atoms with E-state index in [1.807, 2.05) is 24.3 Å². The summed E-state index contributed by atoms with van der Waals surface area (Å²) in [6.07, 6.45) is 4.15. The van der Waals surface area contributed by atoms with Crippen LogP contribution in [0, 0.1) is 0 Å². The van der Waals surface area contributed by atoms with Gasteiger partial charge in [-0.25, -0.2) is 0 Å². The number of rotatable bonds is 17. The van der Waals surface area contributed by atoms with Crippen molar-refractivity contribution in [2.45, 2.75) is 143 Å². The van der Waals surface area contributed by atoms with Gasteiger partial charge in [-0.1, -0.05) is 105 Å². The molecule has 2 amide bonds. The lowest BCUT2D eigenvalue weighted by atomic mass is 9.75. The number of aromatic hydroxyl groups is 2. The van der Waals surface area contributed by atoms with Crippen LogP contribution in [0.4, 0.5) is 11.4 Å². The Morgan fingerprint density at radius 3 is 1.00 bits per heavy atom. The molecule has 0 aliphatic rings. The molecule has 0 aromatic heterocycles. The van der Waals surface area contributed by atoms with E-state index in [1.54, 1.807) is 21.6 Å². The monoisotopic (exact) mass is 672 g/mol. The first-order valence-electron chi connectivity index (χ1n) is 16.9. The van der Waals surface area contributed by atoms with Crippen molar-refractivity contribution in [3.05, 3.63) is 46.5 Å². The van der Waals surface area contributed by atoms with Gasteiger partial charge in [0.1, 0.15) is 11.5 Å². The number of anilines is 2. The number of hydrogen-bond acceptors (Lipinski definition) is 6. The number of phenolic OH excluding ortho intramolecular Hbond substituents is 2. The van der Waals surface area contributed by atoms with Crippen LogP contribution in [0.2, 0.25) is 0 Å². The molecule has 0 spiro atoms. The summed E-state index contributed by atoms with van der Waals surface area (Å²) in [4.78, 5) is 25.8. The third-order valence-electron chi connectivity index (χ3n) is 10.1. The molecule has 0 radical (unpaired) electrons. The van der Waals surface area contributed by atoms with E-state index in [2.05, 4.69) is 93.7 Å². The fraction of sp³-hybridized carbons (Fsp3) is 0.632. The van der Waals surface area contributed by atoms with Crippen LogP contribution >= 0.6 is 21.6 Å². The summed E-state index contributed by atoms with van der Waals surface area (Å²) in [5.41, 5.74) is 3.95. The molecule has 0 fully saturated rings. The summed E-state index contributed by atoms with van der Waals surface area (Å²) >= 11 is 0. The molecular weight excluding hydrogens is 613 g/mol. The maximum absolute atomic E-state index is 12.9. The third kappa shape index (κ3) is 10.1. The van der Waals surface area contributed by atoms with Gasteiger partial charge >= 0.3 is 0 Å². The van der Waals surface area contributed by atoms with Crippen LogP contribution in [-0.2, 0) is 31.2 Å². The molecule has 0 unspecified atom stereocenters. The van der Waals surface area contributed by atoms with Gasteiger partial charge in [0.25, 0.3) is 0 Å². The highest BCUT2D eigenvalue weighted by atomic mass is 33.1. The summed E-state index contributed by atoms with van der Waals surface area (Å²) in [5, 5.41) is 28.5. The third-order valence-corrected chi connectivity index (χ3v) is 12.6. The van der Waals surface area contributed by atoms with Crippen LogP contribution in [0.15, 0.2) is 24.3 Å². The smallest absolute Gasteiger partial charge is 0.225 e. The fourth-order valence-corrected chi connectivity index (χ4v) is 7.05. The van der Waals surface area contributed by atoms with Crippen molar-refractivity contribution in [2.75, 3.05) is 22.1 Å². The molecule has 0 heterocycles. The zero-order valence-electron chi connectivity index (χ0n) is 30.5. The lowest BCUT2D eigenvalue weighted by molar-refractivity contribution is -0.116. The second kappa shape index (κ2) is 16.2. The van der Waals surface area contributed by atoms with Gasteiger partial charge in [-0.05, 0) is 71.6 Å². The molecule has 2 aromatic rings. The Labute approximate surface area is 287 Å². The highest BCUT2D eigenvalue weighted by molar-refractivity contribution is 8.76. The quantitative estimate of drug-likeness (QED) is 0.0758. The molecule has 8 heteroatoms. The maximum atomic E-state index is 12.9. The minimum Gasteiger partial charge on any atom is -0.507 e. The number of benzene rings is 2. The first kappa shape index (κ1) is 39.9. The van der Waals surface area contributed by atoms with Crippen LogP contribution < -0.4 is 10.6 Å². The predicted octanol–water partition coefficient (Wildman–Crippen LogP) is 10.6. The van der Waals surface area contributed by atoms with E-state index < -0.39 is 0 Å². The molecule has 0 aliphatic heterocycles. The number of hydrogen-bond donors (Lipinski definition) is 4. The maximum Gasteiger partial charge on any atom is 0.225 e. The first-order valence-corrected chi connectivity index (χ1v) is 19.3. The lowest BCUT2D eigenvalue weighted by Gasteiger charge is -2.31. The van der Waals surface area contributed by atoms with Gasteiger partial charge in [-0.2, -0.15) is 0 Å². The van der Waals surface area contributed by atoms with Gasteiger partial charge in [-0.15, -0.1) is 0 Å². The summed E-state index contributed by atoms with van der Waals surface area (Å²) in [5.74, 6) is 1.77. The van der Waals surface area contributed by atoms with E-state index in [1.165, 1.54) is 0 Å². The second-order valence-corrected chi connectivity index (χ2v) is 17.7. The predicted molar refractivity (Wildman–Crippen MR) is 201 cm³/mol. The van der Waals surface area contributed by atoms with Gasteiger partial charge in [-0.3, -0.25) is 9.59 Å². The van der Waals surface area contributed by atoms with E-state index in [-0.39, 0.29) is 33.5 Å². The lowest BCUT2D eigenvalue weighted by Crippen LogP contribution is -2.22. The van der Waals surface area contributed by atoms with Gasteiger partial charge in [0.2, 0.25) is 11.8 Å². The average Bonchev–Trinajstić information content (AvgIpc) is 2.99. The normalized spacial score (nSPS) is 12.7. The van der Waals surface area contributed by atoms with Crippen molar-refractivity contribution in [1.29, 1.82) is 0 Å². The van der Waals surface area contributed by atoms with Crippen LogP contribution in [-0.4, -0.2) is 33.5 Å². The number of carbonyl (C=O) groups excluding carboxylic acids is 2. The molecule has 0 saturated heterocycles. The summed E-state index contributed by atoms with van der Waals surface area (Å²) < 4.78 is 0. The van der Waals surface area contributed by atoms with Crippen molar-refractivity contribution in [3.8, 4) is 11.5 Å². The molecule has 258 valence electrons. The van der Waals surface area contributed by atoms with Crippen molar-refractivity contribution >= 4 is 44.8 Å². The van der Waals surface area contributed by atoms with E-state index >= 15 is 0 Å². The summed E-state index contributed by atoms with van der Waals surface area (Å²) in [7, 11) is 3.17. The zero-order valence-corrected chi connectivity index (χ0v) is 32.1. The molecule has 0 atom stereocenters. The highest BCUT2D eigenvalue weighted by Crippen LogP contribution is 2.45. The molecule has 4 N–H and O–H groups in total. The Morgan fingerprint density at radius 2 is 0.783 bits per heavy atom. The topological polar surface area (TPSA) is 98.7 Å². The summed E-state index contributed by atoms with van der Waals surface area (Å²) in [6, 6.07) is 7.66. The Hall–Kier alpha value is -2.32. The molecule has 0 bridgehead atoms. The molecule has 2 rings (SSSR count). The molecular formula is C38H60N2O4S2. The minimum atomic E-state index is -0.229. The second-order valence-electron chi connectivity index (χ2n) is 15.0. The fourth-order valence-electron chi connectivity index (χ4n) is 5.07. The Bertz CT molecular complexity index is 1190. The Kier molecular flexibility index (Phi) is 14.0. The van der Waals surface area contributed by atoms with Gasteiger partial charge in [0, 0.05) is 58.0 Å². The zero-order chi connectivity index (χ0) is 35.1. The Balaban J connectivity index is 1.97. The molecule has 46 heavy (non-hydrogen) atoms. The minimum absolute atomic E-state index is 0.0685. The highest BCUT2D eigenvalue weighted by Gasteiger charge is 2.31. The van der Waals surface area contributed by atoms with E-state index in [0.29, 0.717) is 35.8 Å². The van der Waals surface area contributed by atoms with Crippen LogP contribution in [0.5, 0.6) is 11.5 Å². The van der Waals surface area contributed by atoms with Crippen LogP contribution in [0.3, 0.4) is 0 Å². The number of amides is 2. The van der Waals surface area contributed by atoms with E-state index in [0.717, 1.165) is 59.3 Å². The number of phenols is 2. The van der Waals surface area contributed by atoms with Crippen molar-refractivity contribution in [3.63, 3.8) is 0 Å². The van der Waals surface area contributed by atoms with E-state index in [4.69, 9.17) is 0 Å². The largest absolute Gasteiger partial charge is 0.507 e. The van der Waals surface area contributed by atoms with Gasteiger partial charge < -0.3 is 20.8 Å². The van der Waals surface area contributed by atoms with Crippen molar-refractivity contribution < 1.29 is 19.8 Å². The number of nitrogens with one attached hydrogen (secondary N) is 2. The molecule has 0 saturated carbocycles. The Morgan fingerprint density at radius 1 is 0.543 bits per heavy atom. The summed E-state index contributed by atoms with van der Waals surface area (Å²) in [6.45, 7) is 25.3. The molecule has 6 nitrogen and oxygen atoms in total. The molecule has 2 aromatic carbocycles.